The van der Waals surface area contributed by atoms with Gasteiger partial charge in [-0.2, -0.15) is 0 Å². The number of nitrogen functional groups attached to an aromatic ring is 1. The molecular weight excluding hydrogens is 290 g/mol. The lowest BCUT2D eigenvalue weighted by Gasteiger charge is -2.00. The maximum absolute atomic E-state index is 12.3. The Morgan fingerprint density at radius 2 is 1.77 bits per heavy atom. The molecule has 2 N–H and O–H groups in total. The third-order valence-electron chi connectivity index (χ3n) is 3.54. The summed E-state index contributed by atoms with van der Waals surface area (Å²) in [4.78, 5) is 14.2. The van der Waals surface area contributed by atoms with E-state index in [1.54, 1.807) is 0 Å². The Labute approximate surface area is 134 Å². The number of nitrogens with two attached hydrogens (primary N) is 1. The number of carbonyl (C=O) groups excluding carboxylic acids is 1. The van der Waals surface area contributed by atoms with E-state index < -0.39 is 0 Å². The third-order valence-corrected chi connectivity index (χ3v) is 4.71. The Morgan fingerprint density at radius 3 is 2.55 bits per heavy atom. The van der Waals surface area contributed by atoms with Crippen LogP contribution in [0.25, 0.3) is 10.4 Å². The number of carbonyl (C=O) groups is 1. The zero-order valence-corrected chi connectivity index (χ0v) is 13.0. The summed E-state index contributed by atoms with van der Waals surface area (Å²) in [5.74, 6) is 0.198. The zero-order chi connectivity index (χ0) is 15.4. The Hall–Kier alpha value is -2.39. The molecule has 0 aliphatic heterocycles. The SMILES string of the molecule is Nc1cccc(-c2ccc(C(=O)CCc3ccccc3)s2)c1. The maximum Gasteiger partial charge on any atom is 0.173 e. The van der Waals surface area contributed by atoms with Crippen LogP contribution >= 0.6 is 11.3 Å². The van der Waals surface area contributed by atoms with Crippen molar-refractivity contribution < 1.29 is 4.79 Å². The first-order chi connectivity index (χ1) is 10.7. The number of aryl methyl sites for hydroxylation is 1. The van der Waals surface area contributed by atoms with Gasteiger partial charge in [-0.25, -0.2) is 0 Å². The average Bonchev–Trinajstić information content (AvgIpc) is 3.04. The molecular formula is C19H17NOS. The quantitative estimate of drug-likeness (QED) is 0.543. The molecule has 1 aromatic heterocycles. The summed E-state index contributed by atoms with van der Waals surface area (Å²) in [6, 6.07) is 21.8. The second-order valence-corrected chi connectivity index (χ2v) is 6.28. The lowest BCUT2D eigenvalue weighted by atomic mass is 10.1. The first kappa shape index (κ1) is 14.5. The molecule has 0 spiro atoms. The van der Waals surface area contributed by atoms with Gasteiger partial charge in [-0.3, -0.25) is 4.79 Å². The normalized spacial score (nSPS) is 10.5. The van der Waals surface area contributed by atoms with Crippen LogP contribution in [0, 0.1) is 0 Å². The molecule has 0 fully saturated rings. The van der Waals surface area contributed by atoms with E-state index in [2.05, 4.69) is 12.1 Å². The molecule has 1 heterocycles. The second-order valence-electron chi connectivity index (χ2n) is 5.20. The van der Waals surface area contributed by atoms with Gasteiger partial charge < -0.3 is 5.73 Å². The highest BCUT2D eigenvalue weighted by atomic mass is 32.1. The van der Waals surface area contributed by atoms with Gasteiger partial charge in [-0.1, -0.05) is 42.5 Å². The lowest BCUT2D eigenvalue weighted by molar-refractivity contribution is 0.0986. The Balaban J connectivity index is 1.69. The molecule has 0 radical (unpaired) electrons. The van der Waals surface area contributed by atoms with Crippen molar-refractivity contribution in [1.82, 2.24) is 0 Å². The van der Waals surface area contributed by atoms with E-state index in [1.165, 1.54) is 16.9 Å². The summed E-state index contributed by atoms with van der Waals surface area (Å²) in [6.07, 6.45) is 1.33. The molecule has 3 heteroatoms. The van der Waals surface area contributed by atoms with Gasteiger partial charge >= 0.3 is 0 Å². The van der Waals surface area contributed by atoms with E-state index in [4.69, 9.17) is 5.73 Å². The predicted molar refractivity (Wildman–Crippen MR) is 93.3 cm³/mol. The van der Waals surface area contributed by atoms with Crippen LogP contribution in [0.1, 0.15) is 21.7 Å². The molecule has 22 heavy (non-hydrogen) atoms. The summed E-state index contributed by atoms with van der Waals surface area (Å²) in [6.45, 7) is 0. The topological polar surface area (TPSA) is 43.1 Å². The van der Waals surface area contributed by atoms with Gasteiger partial charge in [-0.05, 0) is 41.8 Å². The highest BCUT2D eigenvalue weighted by Gasteiger charge is 2.10. The maximum atomic E-state index is 12.3. The van der Waals surface area contributed by atoms with Crippen LogP contribution in [0.15, 0.2) is 66.7 Å². The Morgan fingerprint density at radius 1 is 0.955 bits per heavy atom. The van der Waals surface area contributed by atoms with Gasteiger partial charge in [0.1, 0.15) is 0 Å². The fraction of sp³-hybridized carbons (Fsp3) is 0.105. The molecule has 0 aliphatic rings. The van der Waals surface area contributed by atoms with Crippen molar-refractivity contribution >= 4 is 22.8 Å². The van der Waals surface area contributed by atoms with Crippen molar-refractivity contribution in [1.29, 1.82) is 0 Å². The van der Waals surface area contributed by atoms with Crippen molar-refractivity contribution in [3.8, 4) is 10.4 Å². The number of hydrogen-bond donors (Lipinski definition) is 1. The van der Waals surface area contributed by atoms with E-state index in [-0.39, 0.29) is 5.78 Å². The monoisotopic (exact) mass is 307 g/mol. The van der Waals surface area contributed by atoms with Crippen molar-refractivity contribution in [2.45, 2.75) is 12.8 Å². The molecule has 0 unspecified atom stereocenters. The molecule has 110 valence electrons. The van der Waals surface area contributed by atoms with Crippen molar-refractivity contribution in [2.24, 2.45) is 0 Å². The van der Waals surface area contributed by atoms with Gasteiger partial charge in [0.25, 0.3) is 0 Å². The van der Waals surface area contributed by atoms with Crippen LogP contribution in [0.5, 0.6) is 0 Å². The van der Waals surface area contributed by atoms with Crippen LogP contribution in [0.3, 0.4) is 0 Å². The minimum Gasteiger partial charge on any atom is -0.399 e. The van der Waals surface area contributed by atoms with Crippen LogP contribution in [-0.2, 0) is 6.42 Å². The summed E-state index contributed by atoms with van der Waals surface area (Å²) in [5, 5.41) is 0. The fourth-order valence-corrected chi connectivity index (χ4v) is 3.33. The number of benzene rings is 2. The summed E-state index contributed by atoms with van der Waals surface area (Å²) < 4.78 is 0. The van der Waals surface area contributed by atoms with Crippen LogP contribution < -0.4 is 5.73 Å². The van der Waals surface area contributed by atoms with Crippen molar-refractivity contribution in [3.05, 3.63) is 77.2 Å². The molecule has 0 saturated heterocycles. The van der Waals surface area contributed by atoms with Gasteiger partial charge in [-0.15, -0.1) is 11.3 Å². The van der Waals surface area contributed by atoms with Crippen LogP contribution in [0.2, 0.25) is 0 Å². The predicted octanol–water partition coefficient (Wildman–Crippen LogP) is 4.81. The van der Waals surface area contributed by atoms with Crippen molar-refractivity contribution in [2.75, 3.05) is 5.73 Å². The van der Waals surface area contributed by atoms with Gasteiger partial charge in [0.2, 0.25) is 0 Å². The molecule has 3 rings (SSSR count). The number of hydrogen-bond acceptors (Lipinski definition) is 3. The number of Topliss-reactive ketones (excluding diaryl/α,β-unsaturated/α-hetero) is 1. The highest BCUT2D eigenvalue weighted by Crippen LogP contribution is 2.30. The average molecular weight is 307 g/mol. The molecule has 0 amide bonds. The number of anilines is 1. The van der Waals surface area contributed by atoms with E-state index in [9.17, 15) is 4.79 Å². The number of ketones is 1. The summed E-state index contributed by atoms with van der Waals surface area (Å²) in [7, 11) is 0. The Kier molecular flexibility index (Phi) is 4.35. The van der Waals surface area contributed by atoms with Crippen molar-refractivity contribution in [3.63, 3.8) is 0 Å². The van der Waals surface area contributed by atoms with Gasteiger partial charge in [0.05, 0.1) is 4.88 Å². The van der Waals surface area contributed by atoms with Gasteiger partial charge in [0.15, 0.2) is 5.78 Å². The first-order valence-electron chi connectivity index (χ1n) is 7.25. The summed E-state index contributed by atoms with van der Waals surface area (Å²) >= 11 is 1.53. The minimum atomic E-state index is 0.198. The van der Waals surface area contributed by atoms with Crippen LogP contribution in [-0.4, -0.2) is 5.78 Å². The third kappa shape index (κ3) is 3.43. The van der Waals surface area contributed by atoms with E-state index in [0.29, 0.717) is 6.42 Å². The fourth-order valence-electron chi connectivity index (χ4n) is 2.36. The molecule has 0 saturated carbocycles. The van der Waals surface area contributed by atoms with Gasteiger partial charge in [0, 0.05) is 17.0 Å². The molecule has 0 aliphatic carbocycles. The highest BCUT2D eigenvalue weighted by molar-refractivity contribution is 7.17. The standard InChI is InChI=1S/C19H17NOS/c20-16-8-4-7-15(13-16)18-11-12-19(22-18)17(21)10-9-14-5-2-1-3-6-14/h1-8,11-13H,9-10,20H2. The smallest absolute Gasteiger partial charge is 0.173 e. The largest absolute Gasteiger partial charge is 0.399 e. The molecule has 2 nitrogen and oxygen atoms in total. The van der Waals surface area contributed by atoms with E-state index in [0.717, 1.165) is 27.4 Å². The summed E-state index contributed by atoms with van der Waals surface area (Å²) in [5.41, 5.74) is 8.81. The van der Waals surface area contributed by atoms with Crippen LogP contribution in [0.4, 0.5) is 5.69 Å². The second kappa shape index (κ2) is 6.58. The zero-order valence-electron chi connectivity index (χ0n) is 12.2. The number of rotatable bonds is 5. The van der Waals surface area contributed by atoms with E-state index >= 15 is 0 Å². The number of thiophene rings is 1. The first-order valence-corrected chi connectivity index (χ1v) is 8.07. The Bertz CT molecular complexity index is 777. The minimum absolute atomic E-state index is 0.198. The molecule has 0 bridgehead atoms. The van der Waals surface area contributed by atoms with E-state index in [1.807, 2.05) is 54.6 Å². The molecule has 0 atom stereocenters. The molecule has 2 aromatic carbocycles. The lowest BCUT2D eigenvalue weighted by Crippen LogP contribution is -1.98. The molecule has 3 aromatic rings.